The van der Waals surface area contributed by atoms with Crippen molar-refractivity contribution >= 4 is 17.3 Å². The summed E-state index contributed by atoms with van der Waals surface area (Å²) in [7, 11) is 4.36. The molecular weight excluding hydrogens is 270 g/mol. The Morgan fingerprint density at radius 3 is 2.60 bits per heavy atom. The Labute approximate surface area is 127 Å². The lowest BCUT2D eigenvalue weighted by molar-refractivity contribution is 0.253. The van der Waals surface area contributed by atoms with Gasteiger partial charge in [-0.25, -0.2) is 0 Å². The van der Waals surface area contributed by atoms with Gasteiger partial charge in [-0.15, -0.1) is 0 Å². The van der Waals surface area contributed by atoms with E-state index in [9.17, 15) is 0 Å². The fourth-order valence-electron chi connectivity index (χ4n) is 2.86. The summed E-state index contributed by atoms with van der Waals surface area (Å²) in [5.41, 5.74) is 8.19. The van der Waals surface area contributed by atoms with Crippen LogP contribution in [0.4, 0.5) is 5.69 Å². The maximum absolute atomic E-state index is 6.39. The average molecular weight is 296 g/mol. The molecule has 112 valence electrons. The second-order valence-corrected chi connectivity index (χ2v) is 6.51. The van der Waals surface area contributed by atoms with Gasteiger partial charge >= 0.3 is 0 Å². The molecule has 0 aliphatic carbocycles. The number of likely N-dealkylation sites (tertiary alicyclic amines) is 1. The summed E-state index contributed by atoms with van der Waals surface area (Å²) in [4.78, 5) is 4.76. The van der Waals surface area contributed by atoms with Crippen LogP contribution < -0.4 is 10.6 Å². The molecule has 0 spiro atoms. The molecule has 1 saturated heterocycles. The summed E-state index contributed by atoms with van der Waals surface area (Å²) < 4.78 is 0. The highest BCUT2D eigenvalue weighted by Crippen LogP contribution is 2.27. The molecule has 1 heterocycles. The third-order valence-corrected chi connectivity index (χ3v) is 4.57. The minimum Gasteiger partial charge on any atom is -0.371 e. The van der Waals surface area contributed by atoms with Gasteiger partial charge in [-0.1, -0.05) is 17.7 Å². The maximum atomic E-state index is 6.39. The van der Waals surface area contributed by atoms with Gasteiger partial charge in [0.15, 0.2) is 0 Å². The van der Waals surface area contributed by atoms with Crippen LogP contribution in [0.1, 0.15) is 25.3 Å². The summed E-state index contributed by atoms with van der Waals surface area (Å²) in [6.45, 7) is 4.35. The molecule has 1 aromatic carbocycles. The van der Waals surface area contributed by atoms with Gasteiger partial charge in [0.2, 0.25) is 0 Å². The number of piperidine rings is 1. The van der Waals surface area contributed by atoms with Gasteiger partial charge in [0.1, 0.15) is 0 Å². The van der Waals surface area contributed by atoms with E-state index in [4.69, 9.17) is 17.3 Å². The number of anilines is 1. The summed E-state index contributed by atoms with van der Waals surface area (Å²) in [6.07, 6.45) is 3.26. The average Bonchev–Trinajstić information content (AvgIpc) is 2.41. The van der Waals surface area contributed by atoms with Crippen LogP contribution in [0.25, 0.3) is 0 Å². The van der Waals surface area contributed by atoms with Gasteiger partial charge in [-0.2, -0.15) is 0 Å². The molecule has 1 aliphatic heterocycles. The molecule has 2 rings (SSSR count). The van der Waals surface area contributed by atoms with Crippen molar-refractivity contribution in [1.82, 2.24) is 4.90 Å². The quantitative estimate of drug-likeness (QED) is 0.927. The lowest BCUT2D eigenvalue weighted by Crippen LogP contribution is -2.42. The highest BCUT2D eigenvalue weighted by molar-refractivity contribution is 6.31. The molecule has 1 fully saturated rings. The second-order valence-electron chi connectivity index (χ2n) is 6.10. The number of nitrogens with two attached hydrogens (primary N) is 1. The van der Waals surface area contributed by atoms with Crippen molar-refractivity contribution < 1.29 is 0 Å². The second kappa shape index (κ2) is 6.79. The molecule has 0 aromatic heterocycles. The Bertz CT molecular complexity index is 439. The standard InChI is InChI=1S/C16H26ClN3/c1-12(18)10-13-4-5-15(11-16(13)17)20(3)14-6-8-19(2)9-7-14/h4-5,11-12,14H,6-10,18H2,1-3H3. The number of rotatable bonds is 4. The highest BCUT2D eigenvalue weighted by atomic mass is 35.5. The minimum absolute atomic E-state index is 0.143. The van der Waals surface area contributed by atoms with Gasteiger partial charge < -0.3 is 15.5 Å². The van der Waals surface area contributed by atoms with E-state index < -0.39 is 0 Å². The van der Waals surface area contributed by atoms with E-state index in [2.05, 4.69) is 42.1 Å². The lowest BCUT2D eigenvalue weighted by atomic mass is 10.0. The fourth-order valence-corrected chi connectivity index (χ4v) is 3.11. The molecule has 0 radical (unpaired) electrons. The zero-order valence-corrected chi connectivity index (χ0v) is 13.5. The van der Waals surface area contributed by atoms with Gasteiger partial charge in [0.25, 0.3) is 0 Å². The molecular formula is C16H26ClN3. The molecule has 3 nitrogen and oxygen atoms in total. The van der Waals surface area contributed by atoms with Crippen LogP contribution in [-0.2, 0) is 6.42 Å². The number of hydrogen-bond donors (Lipinski definition) is 1. The van der Waals surface area contributed by atoms with E-state index in [-0.39, 0.29) is 6.04 Å². The minimum atomic E-state index is 0.143. The van der Waals surface area contributed by atoms with Crippen molar-refractivity contribution in [3.63, 3.8) is 0 Å². The Hall–Kier alpha value is -0.770. The third kappa shape index (κ3) is 3.87. The van der Waals surface area contributed by atoms with E-state index in [1.807, 2.05) is 6.92 Å². The molecule has 1 unspecified atom stereocenters. The zero-order valence-electron chi connectivity index (χ0n) is 12.8. The summed E-state index contributed by atoms with van der Waals surface area (Å²) >= 11 is 6.39. The Kier molecular flexibility index (Phi) is 5.30. The maximum Gasteiger partial charge on any atom is 0.0459 e. The molecule has 0 saturated carbocycles. The number of nitrogens with zero attached hydrogens (tertiary/aromatic N) is 2. The topological polar surface area (TPSA) is 32.5 Å². The Balaban J connectivity index is 2.06. The smallest absolute Gasteiger partial charge is 0.0459 e. The van der Waals surface area contributed by atoms with Crippen LogP contribution >= 0.6 is 11.6 Å². The van der Waals surface area contributed by atoms with E-state index in [1.54, 1.807) is 0 Å². The zero-order chi connectivity index (χ0) is 14.7. The van der Waals surface area contributed by atoms with Crippen molar-refractivity contribution in [3.05, 3.63) is 28.8 Å². The van der Waals surface area contributed by atoms with Crippen LogP contribution in [0, 0.1) is 0 Å². The van der Waals surface area contributed by atoms with Gasteiger partial charge in [-0.05, 0) is 64.0 Å². The van der Waals surface area contributed by atoms with Crippen LogP contribution in [0.5, 0.6) is 0 Å². The van der Waals surface area contributed by atoms with Crippen molar-refractivity contribution in [3.8, 4) is 0 Å². The van der Waals surface area contributed by atoms with Crippen LogP contribution in [-0.4, -0.2) is 44.2 Å². The van der Waals surface area contributed by atoms with Gasteiger partial charge in [0.05, 0.1) is 0 Å². The monoisotopic (exact) mass is 295 g/mol. The van der Waals surface area contributed by atoms with Crippen LogP contribution in [0.15, 0.2) is 18.2 Å². The SMILES string of the molecule is CC(N)Cc1ccc(N(C)C2CCN(C)CC2)cc1Cl. The predicted octanol–water partition coefficient (Wildman–Crippen LogP) is 2.76. The first kappa shape index (κ1) is 15.6. The molecule has 1 aliphatic rings. The van der Waals surface area contributed by atoms with Gasteiger partial charge in [-0.3, -0.25) is 0 Å². The lowest BCUT2D eigenvalue weighted by Gasteiger charge is -2.36. The molecule has 20 heavy (non-hydrogen) atoms. The first-order chi connectivity index (χ1) is 9.47. The number of benzene rings is 1. The Morgan fingerprint density at radius 1 is 1.40 bits per heavy atom. The fraction of sp³-hybridized carbons (Fsp3) is 0.625. The third-order valence-electron chi connectivity index (χ3n) is 4.22. The largest absolute Gasteiger partial charge is 0.371 e. The molecule has 1 atom stereocenters. The van der Waals surface area contributed by atoms with Crippen LogP contribution in [0.2, 0.25) is 5.02 Å². The molecule has 0 bridgehead atoms. The molecule has 0 amide bonds. The summed E-state index contributed by atoms with van der Waals surface area (Å²) in [6, 6.07) is 7.12. The van der Waals surface area contributed by atoms with Crippen molar-refractivity contribution in [2.24, 2.45) is 5.73 Å². The highest BCUT2D eigenvalue weighted by Gasteiger charge is 2.21. The van der Waals surface area contributed by atoms with E-state index in [0.717, 1.165) is 17.0 Å². The van der Waals surface area contributed by atoms with E-state index in [1.165, 1.54) is 31.6 Å². The summed E-state index contributed by atoms with van der Waals surface area (Å²) in [5, 5.41) is 0.833. The van der Waals surface area contributed by atoms with Crippen molar-refractivity contribution in [1.29, 1.82) is 0 Å². The van der Waals surface area contributed by atoms with E-state index >= 15 is 0 Å². The summed E-state index contributed by atoms with van der Waals surface area (Å²) in [5.74, 6) is 0. The van der Waals surface area contributed by atoms with Crippen molar-refractivity contribution in [2.45, 2.75) is 38.3 Å². The van der Waals surface area contributed by atoms with Crippen molar-refractivity contribution in [2.75, 3.05) is 32.1 Å². The first-order valence-corrected chi connectivity index (χ1v) is 7.80. The number of halogens is 1. The van der Waals surface area contributed by atoms with E-state index in [0.29, 0.717) is 6.04 Å². The predicted molar refractivity (Wildman–Crippen MR) is 87.7 cm³/mol. The van der Waals surface area contributed by atoms with Crippen LogP contribution in [0.3, 0.4) is 0 Å². The number of hydrogen-bond acceptors (Lipinski definition) is 3. The molecule has 1 aromatic rings. The first-order valence-electron chi connectivity index (χ1n) is 7.42. The molecule has 4 heteroatoms. The Morgan fingerprint density at radius 2 is 2.05 bits per heavy atom. The molecule has 2 N–H and O–H groups in total. The van der Waals surface area contributed by atoms with Gasteiger partial charge in [0, 0.05) is 29.8 Å². The normalized spacial score (nSPS) is 19.1.